The first kappa shape index (κ1) is 7.17. The molecule has 0 aliphatic heterocycles. The Bertz CT molecular complexity index is 397. The van der Waals surface area contributed by atoms with Gasteiger partial charge >= 0.3 is 0 Å². The summed E-state index contributed by atoms with van der Waals surface area (Å²) in [5.41, 5.74) is 1.45. The number of benzene rings is 1. The van der Waals surface area contributed by atoms with E-state index in [1.54, 1.807) is 6.07 Å². The van der Waals surface area contributed by atoms with E-state index in [-0.39, 0.29) is 5.69 Å². The number of rotatable bonds is 1. The number of aromatic amines is 1. The Balaban J connectivity index is 2.60. The van der Waals surface area contributed by atoms with Crippen LogP contribution < -0.4 is 5.23 Å². The second-order valence-corrected chi connectivity index (χ2v) is 2.33. The average molecular weight is 166 g/mol. The minimum absolute atomic E-state index is 0.219. The third kappa shape index (κ3) is 1.03. The van der Waals surface area contributed by atoms with Gasteiger partial charge in [0.05, 0.1) is 0 Å². The highest BCUT2D eigenvalue weighted by Crippen LogP contribution is 2.10. The van der Waals surface area contributed by atoms with Gasteiger partial charge in [0.25, 0.3) is 0 Å². The van der Waals surface area contributed by atoms with Crippen LogP contribution in [-0.2, 0) is 0 Å². The molecule has 0 spiro atoms. The molecule has 12 heavy (non-hydrogen) atoms. The summed E-state index contributed by atoms with van der Waals surface area (Å²) < 4.78 is 0. The summed E-state index contributed by atoms with van der Waals surface area (Å²) in [6.07, 6.45) is 0. The van der Waals surface area contributed by atoms with Gasteiger partial charge < -0.3 is 5.21 Å². The summed E-state index contributed by atoms with van der Waals surface area (Å²) in [6, 6.07) is 4.58. The van der Waals surface area contributed by atoms with E-state index in [9.17, 15) is 5.21 Å². The summed E-state index contributed by atoms with van der Waals surface area (Å²) in [5.74, 6) is 0. The summed E-state index contributed by atoms with van der Waals surface area (Å²) in [6.45, 7) is 0. The van der Waals surface area contributed by atoms with E-state index in [4.69, 9.17) is 5.21 Å². The van der Waals surface area contributed by atoms with Gasteiger partial charge in [-0.15, -0.1) is 0 Å². The molecule has 0 fully saturated rings. The highest BCUT2D eigenvalue weighted by atomic mass is 16.8. The summed E-state index contributed by atoms with van der Waals surface area (Å²) in [5, 5.41) is 28.1. The van der Waals surface area contributed by atoms with Crippen molar-refractivity contribution >= 4 is 16.7 Å². The van der Waals surface area contributed by atoms with Crippen LogP contribution in [-0.4, -0.2) is 20.6 Å². The Hall–Kier alpha value is -1.50. The molecule has 1 aromatic heterocycles. The number of H-pyrrole nitrogens is 1. The first-order chi connectivity index (χ1) is 5.77. The summed E-state index contributed by atoms with van der Waals surface area (Å²) in [4.78, 5) is 0. The highest BCUT2D eigenvalue weighted by molar-refractivity contribution is 5.75. The zero-order valence-electron chi connectivity index (χ0n) is 5.98. The molecule has 1 unspecified atom stereocenters. The van der Waals surface area contributed by atoms with Gasteiger partial charge in [-0.2, -0.15) is 20.6 Å². The largest absolute Gasteiger partial charge is 0.595 e. The van der Waals surface area contributed by atoms with Crippen molar-refractivity contribution < 1.29 is 10.4 Å². The van der Waals surface area contributed by atoms with Crippen molar-refractivity contribution in [2.45, 2.75) is 0 Å². The molecule has 3 N–H and O–H groups in total. The Morgan fingerprint density at radius 1 is 1.33 bits per heavy atom. The topological polar surface area (TPSA) is 89.3 Å². The standard InChI is InChI=1S/C6H6N4O2/c11-10(12)4-1-2-5-6(3-4)8-9-7-5/h1-3,10-11H,(H,7,8,9). The van der Waals surface area contributed by atoms with Crippen molar-refractivity contribution in [2.75, 3.05) is 0 Å². The summed E-state index contributed by atoms with van der Waals surface area (Å²) >= 11 is 0. The number of fused-ring (bicyclic) bond motifs is 1. The number of nitrogens with zero attached hydrogens (tertiary/aromatic N) is 2. The van der Waals surface area contributed by atoms with Crippen LogP contribution >= 0.6 is 0 Å². The van der Waals surface area contributed by atoms with Gasteiger partial charge in [0.2, 0.25) is 0 Å². The van der Waals surface area contributed by atoms with Crippen LogP contribution in [0.25, 0.3) is 11.0 Å². The van der Waals surface area contributed by atoms with Crippen molar-refractivity contribution in [3.8, 4) is 0 Å². The van der Waals surface area contributed by atoms with Crippen LogP contribution in [0.15, 0.2) is 18.2 Å². The van der Waals surface area contributed by atoms with Gasteiger partial charge in [-0.25, -0.2) is 5.21 Å². The van der Waals surface area contributed by atoms with E-state index in [1.807, 2.05) is 0 Å². The molecule has 6 nitrogen and oxygen atoms in total. The first-order valence-corrected chi connectivity index (χ1v) is 3.31. The van der Waals surface area contributed by atoms with Crippen molar-refractivity contribution in [3.63, 3.8) is 0 Å². The van der Waals surface area contributed by atoms with E-state index < -0.39 is 5.23 Å². The van der Waals surface area contributed by atoms with Gasteiger partial charge in [-0.1, -0.05) is 0 Å². The normalized spacial score (nSPS) is 13.5. The highest BCUT2D eigenvalue weighted by Gasteiger charge is 2.03. The Labute approximate surface area is 67.0 Å². The molecule has 0 radical (unpaired) electrons. The third-order valence-corrected chi connectivity index (χ3v) is 1.56. The molecule has 0 saturated carbocycles. The SMILES string of the molecule is [O-][NH+](O)c1ccc2n[nH]nc2c1. The lowest BCUT2D eigenvalue weighted by molar-refractivity contribution is -0.991. The van der Waals surface area contributed by atoms with Crippen LogP contribution in [0.4, 0.5) is 5.69 Å². The van der Waals surface area contributed by atoms with Crippen molar-refractivity contribution in [1.82, 2.24) is 15.4 Å². The second kappa shape index (κ2) is 2.52. The molecular weight excluding hydrogens is 160 g/mol. The molecule has 0 bridgehead atoms. The van der Waals surface area contributed by atoms with Crippen LogP contribution in [0, 0.1) is 5.21 Å². The Morgan fingerprint density at radius 2 is 2.08 bits per heavy atom. The Morgan fingerprint density at radius 3 is 2.83 bits per heavy atom. The van der Waals surface area contributed by atoms with Crippen LogP contribution in [0.5, 0.6) is 0 Å². The number of nitrogens with one attached hydrogen (secondary N) is 2. The van der Waals surface area contributed by atoms with Crippen LogP contribution in [0.3, 0.4) is 0 Å². The predicted octanol–water partition coefficient (Wildman–Crippen LogP) is -0.639. The van der Waals surface area contributed by atoms with E-state index >= 15 is 0 Å². The molecule has 1 aromatic carbocycles. The number of quaternary nitrogens is 1. The fourth-order valence-corrected chi connectivity index (χ4v) is 0.973. The van der Waals surface area contributed by atoms with Crippen LogP contribution in [0.2, 0.25) is 0 Å². The van der Waals surface area contributed by atoms with Crippen molar-refractivity contribution in [2.24, 2.45) is 0 Å². The van der Waals surface area contributed by atoms with E-state index in [0.717, 1.165) is 0 Å². The van der Waals surface area contributed by atoms with Gasteiger partial charge in [0.1, 0.15) is 11.0 Å². The van der Waals surface area contributed by atoms with E-state index in [2.05, 4.69) is 15.4 Å². The zero-order chi connectivity index (χ0) is 8.55. The van der Waals surface area contributed by atoms with Crippen molar-refractivity contribution in [3.05, 3.63) is 23.4 Å². The van der Waals surface area contributed by atoms with Gasteiger partial charge in [0.15, 0.2) is 5.69 Å². The average Bonchev–Trinajstić information content (AvgIpc) is 2.49. The van der Waals surface area contributed by atoms with Gasteiger partial charge in [0, 0.05) is 12.1 Å². The minimum Gasteiger partial charge on any atom is -0.595 e. The minimum atomic E-state index is -0.958. The molecule has 0 saturated heterocycles. The Kier molecular flexibility index (Phi) is 1.51. The quantitative estimate of drug-likeness (QED) is 0.491. The molecule has 62 valence electrons. The number of hydrogen-bond donors (Lipinski definition) is 3. The van der Waals surface area contributed by atoms with Gasteiger partial charge in [-0.3, -0.25) is 0 Å². The lowest BCUT2D eigenvalue weighted by Gasteiger charge is -2.10. The smallest absolute Gasteiger partial charge is 0.166 e. The van der Waals surface area contributed by atoms with Gasteiger partial charge in [-0.05, 0) is 6.07 Å². The third-order valence-electron chi connectivity index (χ3n) is 1.56. The van der Waals surface area contributed by atoms with E-state index in [1.165, 1.54) is 12.1 Å². The lowest BCUT2D eigenvalue weighted by atomic mass is 10.3. The molecule has 2 rings (SSSR count). The molecular formula is C6H6N4O2. The fraction of sp³-hybridized carbons (Fsp3) is 0. The maximum atomic E-state index is 10.5. The van der Waals surface area contributed by atoms with E-state index in [0.29, 0.717) is 11.0 Å². The lowest BCUT2D eigenvalue weighted by Crippen LogP contribution is -2.99. The second-order valence-electron chi connectivity index (χ2n) is 2.33. The van der Waals surface area contributed by atoms with Crippen LogP contribution in [0.1, 0.15) is 0 Å². The maximum Gasteiger partial charge on any atom is 0.166 e. The van der Waals surface area contributed by atoms with Crippen molar-refractivity contribution in [1.29, 1.82) is 0 Å². The fourth-order valence-electron chi connectivity index (χ4n) is 0.973. The first-order valence-electron chi connectivity index (χ1n) is 3.31. The molecule has 0 aliphatic rings. The molecule has 1 heterocycles. The molecule has 1 atom stereocenters. The summed E-state index contributed by atoms with van der Waals surface area (Å²) in [7, 11) is 0. The number of aromatic nitrogens is 3. The molecule has 6 heteroatoms. The maximum absolute atomic E-state index is 10.5. The number of hydrogen-bond acceptors (Lipinski definition) is 4. The molecule has 2 aromatic rings. The zero-order valence-corrected chi connectivity index (χ0v) is 5.98. The predicted molar refractivity (Wildman–Crippen MR) is 39.7 cm³/mol. The molecule has 0 amide bonds. The monoisotopic (exact) mass is 166 g/mol. The molecule has 0 aliphatic carbocycles.